The van der Waals surface area contributed by atoms with Gasteiger partial charge >= 0.3 is 5.69 Å². The molecule has 3 rings (SSSR count). The fourth-order valence-electron chi connectivity index (χ4n) is 5.38. The van der Waals surface area contributed by atoms with E-state index in [1.807, 2.05) is 25.1 Å². The third-order valence-electron chi connectivity index (χ3n) is 10.1. The Labute approximate surface area is 280 Å². The van der Waals surface area contributed by atoms with Crippen molar-refractivity contribution in [2.75, 3.05) is 5.73 Å². The van der Waals surface area contributed by atoms with E-state index in [2.05, 4.69) is 74.4 Å². The Balaban J connectivity index is 2.17. The molecule has 0 spiro atoms. The number of Topliss-reactive ketones (excluding diaryl/α,β-unsaturated/α-hetero) is 1. The van der Waals surface area contributed by atoms with Crippen LogP contribution >= 0.6 is 0 Å². The number of rotatable bonds is 16. The first-order valence-electron chi connectivity index (χ1n) is 16.9. The van der Waals surface area contributed by atoms with E-state index >= 15 is 0 Å². The third kappa shape index (κ3) is 8.27. The number of hydrogen-bond acceptors (Lipinski definition) is 7. The molecule has 0 saturated heterocycles. The first-order chi connectivity index (χ1) is 21.9. The molecule has 0 aliphatic rings. The first kappa shape index (κ1) is 37.4. The zero-order chi connectivity index (χ0) is 35.3. The number of nitrogens with two attached hydrogens (primary N) is 1. The van der Waals surface area contributed by atoms with Gasteiger partial charge in [-0.3, -0.25) is 14.9 Å². The summed E-state index contributed by atoms with van der Waals surface area (Å²) in [5.41, 5.74) is 8.03. The molecule has 0 heterocycles. The van der Waals surface area contributed by atoms with Crippen LogP contribution in [0.4, 0.5) is 11.4 Å². The van der Waals surface area contributed by atoms with Gasteiger partial charge in [0.05, 0.1) is 10.5 Å². The normalized spacial score (nSPS) is 12.9. The van der Waals surface area contributed by atoms with Crippen LogP contribution in [0.1, 0.15) is 135 Å². The van der Waals surface area contributed by atoms with E-state index in [1.54, 1.807) is 12.1 Å². The molecular weight excluding hydrogens is 592 g/mol. The van der Waals surface area contributed by atoms with Gasteiger partial charge in [-0.05, 0) is 77.7 Å². The molecule has 47 heavy (non-hydrogen) atoms. The van der Waals surface area contributed by atoms with E-state index in [0.29, 0.717) is 24.3 Å². The van der Waals surface area contributed by atoms with Crippen LogP contribution in [0.2, 0.25) is 0 Å². The summed E-state index contributed by atoms with van der Waals surface area (Å²) in [7, 11) is 0. The minimum atomic E-state index is -0.957. The molecule has 0 fully saturated rings. The number of aromatic hydroxyl groups is 1. The molecule has 0 aliphatic heterocycles. The Morgan fingerprint density at radius 3 is 1.96 bits per heavy atom. The van der Waals surface area contributed by atoms with Crippen molar-refractivity contribution in [3.63, 3.8) is 0 Å². The lowest BCUT2D eigenvalue weighted by atomic mass is 9.76. The monoisotopic (exact) mass is 646 g/mol. The van der Waals surface area contributed by atoms with Crippen LogP contribution in [0.5, 0.6) is 23.0 Å². The highest BCUT2D eigenvalue weighted by Crippen LogP contribution is 2.45. The Morgan fingerprint density at radius 1 is 0.872 bits per heavy atom. The van der Waals surface area contributed by atoms with E-state index in [9.17, 15) is 20.0 Å². The number of nitrogen functional groups attached to an aromatic ring is 1. The summed E-state index contributed by atoms with van der Waals surface area (Å²) in [4.78, 5) is 25.6. The lowest BCUT2D eigenvalue weighted by molar-refractivity contribution is -0.384. The third-order valence-corrected chi connectivity index (χ3v) is 10.1. The quantitative estimate of drug-likeness (QED) is 0.0686. The lowest BCUT2D eigenvalue weighted by Gasteiger charge is -2.31. The van der Waals surface area contributed by atoms with E-state index in [0.717, 1.165) is 42.9 Å². The topological polar surface area (TPSA) is 125 Å². The number of nitro benzene ring substituents is 1. The Morgan fingerprint density at radius 2 is 1.43 bits per heavy atom. The molecule has 3 aromatic rings. The maximum Gasteiger partial charge on any atom is 0.337 e. The fraction of sp³-hybridized carbons (Fsp3) is 0.513. The number of anilines is 1. The average molecular weight is 647 g/mol. The van der Waals surface area contributed by atoms with Crippen molar-refractivity contribution < 1.29 is 24.3 Å². The minimum Gasteiger partial charge on any atom is -0.502 e. The number of phenols is 1. The number of carbonyl (C=O) groups excluding carboxylic acids is 1. The summed E-state index contributed by atoms with van der Waals surface area (Å²) in [6, 6.07) is 14.6. The van der Waals surface area contributed by atoms with Crippen molar-refractivity contribution in [2.24, 2.45) is 0 Å². The largest absolute Gasteiger partial charge is 0.502 e. The minimum absolute atomic E-state index is 0.0426. The van der Waals surface area contributed by atoms with Crippen LogP contribution in [-0.2, 0) is 16.2 Å². The lowest BCUT2D eigenvalue weighted by Crippen LogP contribution is -2.30. The predicted molar refractivity (Wildman–Crippen MR) is 190 cm³/mol. The molecule has 1 atom stereocenters. The van der Waals surface area contributed by atoms with E-state index in [4.69, 9.17) is 15.2 Å². The molecule has 0 saturated carbocycles. The second-order valence-electron chi connectivity index (χ2n) is 14.5. The number of ether oxygens (including phenoxy) is 2. The summed E-state index contributed by atoms with van der Waals surface area (Å²) in [5.74, 6) is -0.406. The molecule has 0 aromatic heterocycles. The molecule has 3 N–H and O–H groups in total. The first-order valence-corrected chi connectivity index (χ1v) is 16.9. The van der Waals surface area contributed by atoms with Gasteiger partial charge in [0, 0.05) is 11.6 Å². The number of hydrogen-bond donors (Lipinski definition) is 2. The predicted octanol–water partition coefficient (Wildman–Crippen LogP) is 10.6. The van der Waals surface area contributed by atoms with Crippen molar-refractivity contribution in [2.45, 2.75) is 130 Å². The van der Waals surface area contributed by atoms with E-state index in [1.165, 1.54) is 5.56 Å². The van der Waals surface area contributed by atoms with Crippen LogP contribution in [0, 0.1) is 10.1 Å². The van der Waals surface area contributed by atoms with Gasteiger partial charge in [-0.25, -0.2) is 0 Å². The van der Waals surface area contributed by atoms with Gasteiger partial charge < -0.3 is 20.3 Å². The van der Waals surface area contributed by atoms with Crippen LogP contribution in [0.15, 0.2) is 48.5 Å². The highest BCUT2D eigenvalue weighted by Gasteiger charge is 2.34. The molecular formula is C39H54N2O6. The Bertz CT molecular complexity index is 1570. The smallest absolute Gasteiger partial charge is 0.337 e. The van der Waals surface area contributed by atoms with Crippen molar-refractivity contribution in [1.82, 2.24) is 0 Å². The van der Waals surface area contributed by atoms with Crippen molar-refractivity contribution >= 4 is 17.2 Å². The number of ketones is 1. The van der Waals surface area contributed by atoms with Gasteiger partial charge in [0.2, 0.25) is 5.78 Å². The second kappa shape index (κ2) is 14.8. The van der Waals surface area contributed by atoms with Gasteiger partial charge in [0.1, 0.15) is 11.5 Å². The summed E-state index contributed by atoms with van der Waals surface area (Å²) in [6.07, 6.45) is 3.70. The number of carbonyl (C=O) groups is 1. The van der Waals surface area contributed by atoms with Gasteiger partial charge in [-0.2, -0.15) is 0 Å². The zero-order valence-electron chi connectivity index (χ0n) is 30.0. The van der Waals surface area contributed by atoms with Crippen molar-refractivity contribution in [3.05, 3.63) is 80.9 Å². The standard InChI is InChI=1S/C39H54N2O6/c1-11-15-16-32(47-31-22-19-26(38(7,8)13-3)23-29(31)39(9,10)14-4)35(43)28-24-30(42)34(41(44)45)33(40)36(28)46-27-20-17-25(18-21-27)37(5,6)12-2/h17-24,32,42H,11-16,40H2,1-10H3. The molecule has 8 nitrogen and oxygen atoms in total. The van der Waals surface area contributed by atoms with Gasteiger partial charge in [-0.15, -0.1) is 0 Å². The average Bonchev–Trinajstić information content (AvgIpc) is 3.03. The summed E-state index contributed by atoms with van der Waals surface area (Å²) >= 11 is 0. The van der Waals surface area contributed by atoms with E-state index in [-0.39, 0.29) is 27.6 Å². The summed E-state index contributed by atoms with van der Waals surface area (Å²) < 4.78 is 12.8. The van der Waals surface area contributed by atoms with Gasteiger partial charge in [0.15, 0.2) is 23.3 Å². The highest BCUT2D eigenvalue weighted by atomic mass is 16.6. The molecule has 0 aliphatic carbocycles. The number of nitro groups is 1. The van der Waals surface area contributed by atoms with Crippen LogP contribution in [0.25, 0.3) is 0 Å². The number of nitrogens with zero attached hydrogens (tertiary/aromatic N) is 1. The number of phenolic OH excluding ortho intramolecular Hbond substituents is 1. The molecule has 0 amide bonds. The van der Waals surface area contributed by atoms with Crippen LogP contribution in [-0.4, -0.2) is 21.9 Å². The Kier molecular flexibility index (Phi) is 11.8. The van der Waals surface area contributed by atoms with Crippen LogP contribution in [0.3, 0.4) is 0 Å². The Hall–Kier alpha value is -4.07. The maximum absolute atomic E-state index is 14.4. The molecule has 0 bridgehead atoms. The molecule has 256 valence electrons. The molecule has 8 heteroatoms. The van der Waals surface area contributed by atoms with Crippen molar-refractivity contribution in [1.29, 1.82) is 0 Å². The maximum atomic E-state index is 14.4. The summed E-state index contributed by atoms with van der Waals surface area (Å²) in [5, 5.41) is 22.6. The van der Waals surface area contributed by atoms with Crippen LogP contribution < -0.4 is 15.2 Å². The van der Waals surface area contributed by atoms with Gasteiger partial charge in [-0.1, -0.05) is 99.9 Å². The molecule has 0 radical (unpaired) electrons. The molecule has 1 unspecified atom stereocenters. The molecule has 3 aromatic carbocycles. The second-order valence-corrected chi connectivity index (χ2v) is 14.5. The highest BCUT2D eigenvalue weighted by molar-refractivity contribution is 6.05. The summed E-state index contributed by atoms with van der Waals surface area (Å²) in [6.45, 7) is 21.5. The number of benzene rings is 3. The number of unbranched alkanes of at least 4 members (excludes halogenated alkanes) is 1. The zero-order valence-corrected chi connectivity index (χ0v) is 30.0. The van der Waals surface area contributed by atoms with Gasteiger partial charge in [0.25, 0.3) is 0 Å². The fourth-order valence-corrected chi connectivity index (χ4v) is 5.38. The van der Waals surface area contributed by atoms with E-state index < -0.39 is 33.9 Å². The van der Waals surface area contributed by atoms with Crippen molar-refractivity contribution in [3.8, 4) is 23.0 Å². The SMILES string of the molecule is CCCCC(Oc1ccc(C(C)(C)CC)cc1C(C)(C)CC)C(=O)c1cc(O)c([N+](=O)[O-])c(N)c1Oc1ccc(C(C)(C)CC)cc1.